The van der Waals surface area contributed by atoms with E-state index in [2.05, 4.69) is 10.3 Å². The average molecular weight is 274 g/mol. The molecule has 7 heteroatoms. The van der Waals surface area contributed by atoms with Crippen LogP contribution in [0.1, 0.15) is 12.8 Å². The number of hydrogen-bond acceptors (Lipinski definition) is 5. The number of hydrogen-bond donors (Lipinski definition) is 2. The molecule has 0 aliphatic carbocycles. The second-order valence-electron chi connectivity index (χ2n) is 4.29. The molecule has 0 aliphatic heterocycles. The third-order valence-corrected chi connectivity index (χ3v) is 2.85. The van der Waals surface area contributed by atoms with Crippen molar-refractivity contribution in [3.8, 4) is 0 Å². The van der Waals surface area contributed by atoms with Crippen molar-refractivity contribution in [2.75, 3.05) is 11.9 Å². The summed E-state index contributed by atoms with van der Waals surface area (Å²) in [6, 6.07) is 7.17. The fourth-order valence-corrected chi connectivity index (χ4v) is 1.93. The molecular weight excluding hydrogens is 260 g/mol. The van der Waals surface area contributed by atoms with Gasteiger partial charge in [0.2, 0.25) is 5.91 Å². The van der Waals surface area contributed by atoms with E-state index < -0.39 is 4.92 Å². The van der Waals surface area contributed by atoms with E-state index in [0.29, 0.717) is 29.6 Å². The van der Waals surface area contributed by atoms with E-state index >= 15 is 0 Å². The molecule has 20 heavy (non-hydrogen) atoms. The fraction of sp³-hybridized carbons (Fsp3) is 0.231. The Morgan fingerprint density at radius 2 is 2.15 bits per heavy atom. The Bertz CT molecular complexity index is 657. The Morgan fingerprint density at radius 1 is 1.40 bits per heavy atom. The average Bonchev–Trinajstić information content (AvgIpc) is 2.42. The van der Waals surface area contributed by atoms with Gasteiger partial charge in [0.1, 0.15) is 11.9 Å². The number of aromatic nitrogens is 1. The van der Waals surface area contributed by atoms with Gasteiger partial charge in [0.25, 0.3) is 0 Å². The van der Waals surface area contributed by atoms with Crippen LogP contribution >= 0.6 is 0 Å². The summed E-state index contributed by atoms with van der Waals surface area (Å²) >= 11 is 0. The van der Waals surface area contributed by atoms with Crippen molar-refractivity contribution >= 4 is 28.2 Å². The summed E-state index contributed by atoms with van der Waals surface area (Å²) in [7, 11) is 0. The number of nitro groups is 1. The number of amides is 1. The third-order valence-electron chi connectivity index (χ3n) is 2.85. The fourth-order valence-electron chi connectivity index (χ4n) is 1.93. The van der Waals surface area contributed by atoms with Crippen LogP contribution in [0.15, 0.2) is 30.5 Å². The van der Waals surface area contributed by atoms with Crippen molar-refractivity contribution in [3.05, 3.63) is 40.6 Å². The number of fused-ring (bicyclic) bond motifs is 1. The van der Waals surface area contributed by atoms with Crippen LogP contribution in [0.2, 0.25) is 0 Å². The largest absolute Gasteiger partial charge is 0.379 e. The van der Waals surface area contributed by atoms with Gasteiger partial charge >= 0.3 is 5.69 Å². The van der Waals surface area contributed by atoms with Gasteiger partial charge in [-0.05, 0) is 12.5 Å². The van der Waals surface area contributed by atoms with Crippen LogP contribution in [0, 0.1) is 10.1 Å². The lowest BCUT2D eigenvalue weighted by atomic mass is 10.1. The summed E-state index contributed by atoms with van der Waals surface area (Å²) in [5.41, 5.74) is 6.07. The zero-order chi connectivity index (χ0) is 14.5. The van der Waals surface area contributed by atoms with Gasteiger partial charge in [0.05, 0.1) is 10.4 Å². The number of primary amides is 1. The normalized spacial score (nSPS) is 10.4. The number of carbonyl (C=O) groups excluding carboxylic acids is 1. The molecule has 0 unspecified atom stereocenters. The summed E-state index contributed by atoms with van der Waals surface area (Å²) in [5.74, 6) is -0.388. The predicted octanol–water partition coefficient (Wildman–Crippen LogP) is 1.82. The molecule has 1 aromatic carbocycles. The second kappa shape index (κ2) is 5.96. The quantitative estimate of drug-likeness (QED) is 0.474. The first kappa shape index (κ1) is 13.7. The number of para-hydroxylation sites is 1. The molecule has 0 saturated carbocycles. The van der Waals surface area contributed by atoms with Crippen molar-refractivity contribution < 1.29 is 9.72 Å². The Hall–Kier alpha value is -2.70. The van der Waals surface area contributed by atoms with E-state index in [1.807, 2.05) is 6.07 Å². The first-order chi connectivity index (χ1) is 9.59. The lowest BCUT2D eigenvalue weighted by molar-refractivity contribution is -0.384. The van der Waals surface area contributed by atoms with Gasteiger partial charge in [-0.15, -0.1) is 0 Å². The Morgan fingerprint density at radius 3 is 2.85 bits per heavy atom. The minimum absolute atomic E-state index is 0.0808. The molecule has 3 N–H and O–H groups in total. The van der Waals surface area contributed by atoms with Crippen LogP contribution in [0.4, 0.5) is 11.4 Å². The molecule has 2 aromatic rings. The highest BCUT2D eigenvalue weighted by molar-refractivity contribution is 5.95. The van der Waals surface area contributed by atoms with E-state index in [1.54, 1.807) is 18.2 Å². The molecule has 2 rings (SSSR count). The molecule has 1 amide bonds. The van der Waals surface area contributed by atoms with Crippen molar-refractivity contribution in [1.29, 1.82) is 0 Å². The molecule has 0 bridgehead atoms. The maximum Gasteiger partial charge on any atom is 0.311 e. The van der Waals surface area contributed by atoms with E-state index in [9.17, 15) is 14.9 Å². The number of nitrogens with one attached hydrogen (secondary N) is 1. The van der Waals surface area contributed by atoms with Gasteiger partial charge in [-0.2, -0.15) is 0 Å². The number of anilines is 1. The number of nitrogens with zero attached hydrogens (tertiary/aromatic N) is 2. The lowest BCUT2D eigenvalue weighted by Crippen LogP contribution is -2.13. The number of benzene rings is 1. The van der Waals surface area contributed by atoms with Crippen molar-refractivity contribution in [2.45, 2.75) is 12.8 Å². The topological polar surface area (TPSA) is 111 Å². The molecule has 0 aliphatic rings. The zero-order valence-corrected chi connectivity index (χ0v) is 10.7. The number of pyridine rings is 1. The SMILES string of the molecule is NC(=O)CCCNc1c([N+](=O)[O-])cnc2ccccc12. The van der Waals surface area contributed by atoms with Crippen LogP contribution in [0.25, 0.3) is 10.9 Å². The maximum absolute atomic E-state index is 11.1. The summed E-state index contributed by atoms with van der Waals surface area (Å²) in [6.07, 6.45) is 1.99. The highest BCUT2D eigenvalue weighted by atomic mass is 16.6. The first-order valence-corrected chi connectivity index (χ1v) is 6.14. The van der Waals surface area contributed by atoms with Gasteiger partial charge in [-0.3, -0.25) is 14.9 Å². The molecule has 0 radical (unpaired) electrons. The van der Waals surface area contributed by atoms with Crippen LogP contribution in [-0.4, -0.2) is 22.4 Å². The lowest BCUT2D eigenvalue weighted by Gasteiger charge is -2.09. The van der Waals surface area contributed by atoms with Crippen molar-refractivity contribution in [1.82, 2.24) is 4.98 Å². The van der Waals surface area contributed by atoms with Gasteiger partial charge < -0.3 is 11.1 Å². The van der Waals surface area contributed by atoms with Gasteiger partial charge in [-0.1, -0.05) is 18.2 Å². The van der Waals surface area contributed by atoms with Gasteiger partial charge in [0, 0.05) is 18.4 Å². The molecule has 7 nitrogen and oxygen atoms in total. The Labute approximate surface area is 114 Å². The Balaban J connectivity index is 2.30. The van der Waals surface area contributed by atoms with Crippen LogP contribution in [0.5, 0.6) is 0 Å². The van der Waals surface area contributed by atoms with E-state index in [1.165, 1.54) is 6.20 Å². The molecule has 0 atom stereocenters. The van der Waals surface area contributed by atoms with Crippen LogP contribution in [-0.2, 0) is 4.79 Å². The number of rotatable bonds is 6. The molecule has 0 spiro atoms. The van der Waals surface area contributed by atoms with Crippen molar-refractivity contribution in [2.24, 2.45) is 5.73 Å². The van der Waals surface area contributed by atoms with Gasteiger partial charge in [-0.25, -0.2) is 4.98 Å². The summed E-state index contributed by atoms with van der Waals surface area (Å²) < 4.78 is 0. The van der Waals surface area contributed by atoms with Crippen molar-refractivity contribution in [3.63, 3.8) is 0 Å². The highest BCUT2D eigenvalue weighted by Crippen LogP contribution is 2.31. The molecule has 104 valence electrons. The monoisotopic (exact) mass is 274 g/mol. The second-order valence-corrected chi connectivity index (χ2v) is 4.29. The molecule has 0 saturated heterocycles. The summed E-state index contributed by atoms with van der Waals surface area (Å²) in [4.78, 5) is 25.3. The summed E-state index contributed by atoms with van der Waals surface area (Å²) in [5, 5.41) is 14.7. The maximum atomic E-state index is 11.1. The minimum atomic E-state index is -0.476. The van der Waals surface area contributed by atoms with E-state index in [0.717, 1.165) is 0 Å². The Kier molecular flexibility index (Phi) is 4.09. The molecule has 1 heterocycles. The molecule has 0 fully saturated rings. The molecular formula is C13H14N4O3. The minimum Gasteiger partial charge on any atom is -0.379 e. The summed E-state index contributed by atoms with van der Waals surface area (Å²) in [6.45, 7) is 0.428. The highest BCUT2D eigenvalue weighted by Gasteiger charge is 2.17. The third kappa shape index (κ3) is 3.00. The van der Waals surface area contributed by atoms with Crippen LogP contribution in [0.3, 0.4) is 0 Å². The van der Waals surface area contributed by atoms with E-state index in [-0.39, 0.29) is 18.0 Å². The number of carbonyl (C=O) groups is 1. The first-order valence-electron chi connectivity index (χ1n) is 6.14. The van der Waals surface area contributed by atoms with Gasteiger partial charge in [0.15, 0.2) is 0 Å². The number of nitrogens with two attached hydrogens (primary N) is 1. The predicted molar refractivity (Wildman–Crippen MR) is 75.3 cm³/mol. The van der Waals surface area contributed by atoms with E-state index in [4.69, 9.17) is 5.73 Å². The van der Waals surface area contributed by atoms with Crippen LogP contribution < -0.4 is 11.1 Å². The zero-order valence-electron chi connectivity index (χ0n) is 10.7. The smallest absolute Gasteiger partial charge is 0.311 e. The standard InChI is InChI=1S/C13H14N4O3/c14-12(18)6-3-7-15-13-9-4-1-2-5-10(9)16-8-11(13)17(19)20/h1-2,4-5,8H,3,6-7H2,(H2,14,18)(H,15,16). The molecule has 1 aromatic heterocycles.